The van der Waals surface area contributed by atoms with Gasteiger partial charge in [-0.25, -0.2) is 4.68 Å². The van der Waals surface area contributed by atoms with E-state index < -0.39 is 6.23 Å². The van der Waals surface area contributed by atoms with Crippen molar-refractivity contribution >= 4 is 0 Å². The van der Waals surface area contributed by atoms with Crippen LogP contribution in [0, 0.1) is 0 Å². The Bertz CT molecular complexity index is 502. The average molecular weight is 253 g/mol. The van der Waals surface area contributed by atoms with E-state index in [2.05, 4.69) is 31.1 Å². The van der Waals surface area contributed by atoms with Gasteiger partial charge in [0, 0.05) is 6.54 Å². The fraction of sp³-hybridized carbons (Fsp3) is 0.750. The van der Waals surface area contributed by atoms with E-state index in [1.165, 1.54) is 4.68 Å². The van der Waals surface area contributed by atoms with Crippen LogP contribution < -0.4 is 0 Å². The van der Waals surface area contributed by atoms with Crippen molar-refractivity contribution < 1.29 is 5.11 Å². The van der Waals surface area contributed by atoms with E-state index in [0.717, 1.165) is 6.54 Å². The first-order valence-electron chi connectivity index (χ1n) is 5.47. The number of likely N-dealkylation sites (N-methyl/N-ethyl adjacent to an activating group) is 1. The molecule has 1 N–H and O–H groups in total. The number of hydrogen-bond donors (Lipinski definition) is 1. The molecule has 2 rings (SSSR count). The van der Waals surface area contributed by atoms with Crippen molar-refractivity contribution in [2.45, 2.75) is 19.7 Å². The normalized spacial score (nSPS) is 13.2. The van der Waals surface area contributed by atoms with Crippen LogP contribution in [0.3, 0.4) is 0 Å². The molecule has 0 aromatic carbocycles. The second-order valence-corrected chi connectivity index (χ2v) is 4.11. The van der Waals surface area contributed by atoms with Crippen molar-refractivity contribution in [1.82, 2.24) is 45.3 Å². The molecule has 0 aliphatic heterocycles. The van der Waals surface area contributed by atoms with E-state index in [1.54, 1.807) is 11.6 Å². The summed E-state index contributed by atoms with van der Waals surface area (Å²) >= 11 is 0. The highest BCUT2D eigenvalue weighted by Crippen LogP contribution is 2.13. The van der Waals surface area contributed by atoms with Crippen LogP contribution in [0.4, 0.5) is 0 Å². The van der Waals surface area contributed by atoms with Crippen LogP contribution in [-0.2, 0) is 6.54 Å². The van der Waals surface area contributed by atoms with Gasteiger partial charge in [0.15, 0.2) is 0 Å². The summed E-state index contributed by atoms with van der Waals surface area (Å²) in [6.45, 7) is 2.96. The topological polar surface area (TPSA) is 111 Å². The van der Waals surface area contributed by atoms with E-state index in [-0.39, 0.29) is 0 Å². The number of hydrogen-bond acceptors (Lipinski definition) is 8. The first kappa shape index (κ1) is 12.5. The third-order valence-electron chi connectivity index (χ3n) is 2.34. The molecule has 0 saturated carbocycles. The van der Waals surface area contributed by atoms with Crippen molar-refractivity contribution in [1.29, 1.82) is 0 Å². The van der Waals surface area contributed by atoms with Crippen LogP contribution in [0.2, 0.25) is 0 Å². The molecule has 0 aliphatic rings. The van der Waals surface area contributed by atoms with Crippen LogP contribution in [0.25, 0.3) is 11.6 Å². The van der Waals surface area contributed by atoms with Crippen molar-refractivity contribution in [2.75, 3.05) is 20.6 Å². The second kappa shape index (κ2) is 5.14. The van der Waals surface area contributed by atoms with Gasteiger partial charge < -0.3 is 10.0 Å². The second-order valence-electron chi connectivity index (χ2n) is 4.11. The number of tetrazole rings is 2. The SMILES string of the molecule is CC(O)n1nnnc1-c1nnnn1CCN(C)C. The van der Waals surface area contributed by atoms with Gasteiger partial charge in [0.05, 0.1) is 6.54 Å². The minimum atomic E-state index is -0.839. The maximum Gasteiger partial charge on any atom is 0.224 e. The minimum absolute atomic E-state index is 0.341. The van der Waals surface area contributed by atoms with Crippen LogP contribution in [0.5, 0.6) is 0 Å². The quantitative estimate of drug-likeness (QED) is 0.678. The van der Waals surface area contributed by atoms with Gasteiger partial charge >= 0.3 is 0 Å². The predicted molar refractivity (Wildman–Crippen MR) is 60.1 cm³/mol. The first-order chi connectivity index (χ1) is 8.59. The molecule has 0 fully saturated rings. The summed E-state index contributed by atoms with van der Waals surface area (Å²) in [5, 5.41) is 32.0. The van der Waals surface area contributed by atoms with Gasteiger partial charge in [-0.3, -0.25) is 0 Å². The predicted octanol–water partition coefficient (Wildman–Crippen LogP) is -1.60. The molecule has 2 aromatic rings. The summed E-state index contributed by atoms with van der Waals surface area (Å²) in [7, 11) is 3.92. The minimum Gasteiger partial charge on any atom is -0.372 e. The van der Waals surface area contributed by atoms with E-state index >= 15 is 0 Å². The van der Waals surface area contributed by atoms with Gasteiger partial charge in [0.25, 0.3) is 0 Å². The summed E-state index contributed by atoms with van der Waals surface area (Å²) in [4.78, 5) is 2.02. The molecule has 0 saturated heterocycles. The van der Waals surface area contributed by atoms with Crippen LogP contribution in [0.15, 0.2) is 0 Å². The Kier molecular flexibility index (Phi) is 3.58. The lowest BCUT2D eigenvalue weighted by Crippen LogP contribution is -2.20. The third kappa shape index (κ3) is 2.49. The molecular formula is C8H15N9O. The summed E-state index contributed by atoms with van der Waals surface area (Å²) in [6.07, 6.45) is -0.839. The Balaban J connectivity index is 2.28. The molecule has 0 radical (unpaired) electrons. The molecule has 0 spiro atoms. The summed E-state index contributed by atoms with van der Waals surface area (Å²) < 4.78 is 2.86. The standard InChI is InChI=1S/C8H15N9O/c1-6(18)17-8(10-12-14-17)7-9-11-13-16(7)5-4-15(2)3/h6,18H,4-5H2,1-3H3. The van der Waals surface area contributed by atoms with Crippen LogP contribution in [-0.4, -0.2) is 71.1 Å². The van der Waals surface area contributed by atoms with Crippen molar-refractivity contribution in [3.8, 4) is 11.6 Å². The molecule has 0 amide bonds. The highest BCUT2D eigenvalue weighted by molar-refractivity contribution is 5.40. The fourth-order valence-electron chi connectivity index (χ4n) is 1.40. The largest absolute Gasteiger partial charge is 0.372 e. The smallest absolute Gasteiger partial charge is 0.224 e. The monoisotopic (exact) mass is 253 g/mol. The molecule has 2 heterocycles. The van der Waals surface area contributed by atoms with Gasteiger partial charge in [0.2, 0.25) is 11.6 Å². The van der Waals surface area contributed by atoms with Gasteiger partial charge in [-0.1, -0.05) is 0 Å². The summed E-state index contributed by atoms with van der Waals surface area (Å²) in [5.41, 5.74) is 0. The number of nitrogens with zero attached hydrogens (tertiary/aromatic N) is 9. The van der Waals surface area contributed by atoms with Gasteiger partial charge in [0.1, 0.15) is 6.23 Å². The number of aliphatic hydroxyl groups excluding tert-OH is 1. The Morgan fingerprint density at radius 3 is 2.50 bits per heavy atom. The highest BCUT2D eigenvalue weighted by atomic mass is 16.3. The maximum absolute atomic E-state index is 9.54. The molecule has 0 aliphatic carbocycles. The van der Waals surface area contributed by atoms with Crippen LogP contribution >= 0.6 is 0 Å². The zero-order valence-electron chi connectivity index (χ0n) is 10.5. The molecule has 1 unspecified atom stereocenters. The number of aliphatic hydroxyl groups is 1. The summed E-state index contributed by atoms with van der Waals surface area (Å²) in [5.74, 6) is 0.775. The highest BCUT2D eigenvalue weighted by Gasteiger charge is 2.19. The lowest BCUT2D eigenvalue weighted by molar-refractivity contribution is 0.110. The lowest BCUT2D eigenvalue weighted by Gasteiger charge is -2.10. The molecule has 10 heteroatoms. The number of rotatable bonds is 5. The Hall–Kier alpha value is -1.94. The zero-order chi connectivity index (χ0) is 13.1. The molecule has 0 bridgehead atoms. The lowest BCUT2D eigenvalue weighted by atomic mass is 10.5. The van der Waals surface area contributed by atoms with Gasteiger partial charge in [-0.15, -0.1) is 10.2 Å². The van der Waals surface area contributed by atoms with Crippen molar-refractivity contribution in [3.63, 3.8) is 0 Å². The Morgan fingerprint density at radius 1 is 1.17 bits per heavy atom. The summed E-state index contributed by atoms with van der Waals surface area (Å²) in [6, 6.07) is 0. The zero-order valence-corrected chi connectivity index (χ0v) is 10.5. The van der Waals surface area contributed by atoms with Crippen molar-refractivity contribution in [2.24, 2.45) is 0 Å². The number of aromatic nitrogens is 8. The van der Waals surface area contributed by atoms with E-state index in [4.69, 9.17) is 0 Å². The van der Waals surface area contributed by atoms with E-state index in [0.29, 0.717) is 18.2 Å². The molecule has 10 nitrogen and oxygen atoms in total. The fourth-order valence-corrected chi connectivity index (χ4v) is 1.40. The molecule has 18 heavy (non-hydrogen) atoms. The van der Waals surface area contributed by atoms with E-state index in [1.807, 2.05) is 19.0 Å². The van der Waals surface area contributed by atoms with Crippen LogP contribution in [0.1, 0.15) is 13.2 Å². The Morgan fingerprint density at radius 2 is 1.83 bits per heavy atom. The Labute approximate surface area is 103 Å². The molecule has 98 valence electrons. The molecule has 1 atom stereocenters. The third-order valence-corrected chi connectivity index (χ3v) is 2.34. The molecular weight excluding hydrogens is 238 g/mol. The van der Waals surface area contributed by atoms with Gasteiger partial charge in [-0.2, -0.15) is 4.68 Å². The van der Waals surface area contributed by atoms with Gasteiger partial charge in [-0.05, 0) is 41.9 Å². The maximum atomic E-state index is 9.54. The van der Waals surface area contributed by atoms with Crippen molar-refractivity contribution in [3.05, 3.63) is 0 Å². The first-order valence-corrected chi connectivity index (χ1v) is 5.47. The van der Waals surface area contributed by atoms with E-state index in [9.17, 15) is 5.11 Å². The average Bonchev–Trinajstić information content (AvgIpc) is 2.94. The molecule has 2 aromatic heterocycles.